The van der Waals surface area contributed by atoms with Crippen LogP contribution in [0.4, 0.5) is 0 Å². The molecule has 0 atom stereocenters. The van der Waals surface area contributed by atoms with Gasteiger partial charge in [0.15, 0.2) is 0 Å². The van der Waals surface area contributed by atoms with Gasteiger partial charge >= 0.3 is 0 Å². The molecule has 0 unspecified atom stereocenters. The van der Waals surface area contributed by atoms with Gasteiger partial charge in [0.1, 0.15) is 0 Å². The number of fused-ring (bicyclic) bond motifs is 1. The molecule has 1 saturated carbocycles. The third-order valence-corrected chi connectivity index (χ3v) is 5.34. The first-order valence-corrected chi connectivity index (χ1v) is 9.48. The minimum atomic E-state index is 0.854. The minimum Gasteiger partial charge on any atom is -0.345 e. The third-order valence-electron chi connectivity index (χ3n) is 5.34. The van der Waals surface area contributed by atoms with Crippen LogP contribution in [0.5, 0.6) is 0 Å². The summed E-state index contributed by atoms with van der Waals surface area (Å²) in [6, 6.07) is 10.6. The molecule has 1 aliphatic carbocycles. The highest BCUT2D eigenvalue weighted by Gasteiger charge is 2.12. The number of H-pyrrole nitrogens is 1. The van der Waals surface area contributed by atoms with Gasteiger partial charge in [-0.3, -0.25) is 4.98 Å². The van der Waals surface area contributed by atoms with Crippen LogP contribution in [0.1, 0.15) is 44.2 Å². The molecule has 0 bridgehead atoms. The van der Waals surface area contributed by atoms with Gasteiger partial charge in [0.2, 0.25) is 0 Å². The fourth-order valence-electron chi connectivity index (χ4n) is 3.81. The average Bonchev–Trinajstić information content (AvgIpc) is 3.14. The Morgan fingerprint density at radius 2 is 1.88 bits per heavy atom. The number of hydrogen-bond donors (Lipinski definition) is 2. The van der Waals surface area contributed by atoms with E-state index in [0.29, 0.717) is 0 Å². The van der Waals surface area contributed by atoms with Crippen LogP contribution in [0, 0.1) is 5.92 Å². The summed E-state index contributed by atoms with van der Waals surface area (Å²) < 4.78 is 0. The summed E-state index contributed by atoms with van der Waals surface area (Å²) in [5.74, 6) is 0.939. The Kier molecular flexibility index (Phi) is 5.07. The number of benzene rings is 1. The van der Waals surface area contributed by atoms with Crippen molar-refractivity contribution in [2.45, 2.75) is 45.1 Å². The number of aromatic amines is 1. The Labute approximate surface area is 149 Å². The van der Waals surface area contributed by atoms with E-state index >= 15 is 0 Å². The first-order chi connectivity index (χ1) is 12.4. The minimum absolute atomic E-state index is 0.854. The summed E-state index contributed by atoms with van der Waals surface area (Å²) in [7, 11) is 0. The topological polar surface area (TPSA) is 53.6 Å². The van der Waals surface area contributed by atoms with Gasteiger partial charge in [-0.15, -0.1) is 0 Å². The van der Waals surface area contributed by atoms with Gasteiger partial charge in [0.25, 0.3) is 0 Å². The van der Waals surface area contributed by atoms with Gasteiger partial charge in [-0.1, -0.05) is 44.2 Å². The van der Waals surface area contributed by atoms with Crippen molar-refractivity contribution >= 4 is 11.0 Å². The van der Waals surface area contributed by atoms with Crippen molar-refractivity contribution < 1.29 is 0 Å². The number of pyridine rings is 1. The van der Waals surface area contributed by atoms with Crippen molar-refractivity contribution in [1.82, 2.24) is 20.3 Å². The molecule has 2 heterocycles. The maximum absolute atomic E-state index is 4.62. The second-order valence-corrected chi connectivity index (χ2v) is 7.14. The monoisotopic (exact) mass is 334 g/mol. The SMILES string of the molecule is c1nc2ccc(-c3ccc(CNCCC4CCCCC4)nc3)cc2[nH]1. The predicted octanol–water partition coefficient (Wildman–Crippen LogP) is 4.68. The Morgan fingerprint density at radius 3 is 2.72 bits per heavy atom. The van der Waals surface area contributed by atoms with E-state index in [2.05, 4.69) is 44.5 Å². The van der Waals surface area contributed by atoms with Gasteiger partial charge in [-0.05, 0) is 42.6 Å². The molecular formula is C21H26N4. The molecule has 0 amide bonds. The van der Waals surface area contributed by atoms with Crippen LogP contribution in [0.3, 0.4) is 0 Å². The number of imidazole rings is 1. The van der Waals surface area contributed by atoms with E-state index in [0.717, 1.165) is 41.3 Å². The Bertz CT molecular complexity index is 800. The molecule has 3 aromatic rings. The van der Waals surface area contributed by atoms with Gasteiger partial charge in [0, 0.05) is 18.3 Å². The summed E-state index contributed by atoms with van der Waals surface area (Å²) in [6.45, 7) is 1.96. The van der Waals surface area contributed by atoms with Crippen molar-refractivity contribution in [2.24, 2.45) is 5.92 Å². The summed E-state index contributed by atoms with van der Waals surface area (Å²) in [5, 5.41) is 3.55. The third kappa shape index (κ3) is 4.07. The lowest BCUT2D eigenvalue weighted by Crippen LogP contribution is -2.19. The first kappa shape index (κ1) is 16.3. The van der Waals surface area contributed by atoms with Gasteiger partial charge in [0.05, 0.1) is 23.1 Å². The van der Waals surface area contributed by atoms with Crippen LogP contribution in [-0.2, 0) is 6.54 Å². The Hall–Kier alpha value is -2.20. The highest BCUT2D eigenvalue weighted by atomic mass is 14.9. The fourth-order valence-corrected chi connectivity index (χ4v) is 3.81. The van der Waals surface area contributed by atoms with E-state index in [1.165, 1.54) is 44.1 Å². The highest BCUT2D eigenvalue weighted by Crippen LogP contribution is 2.26. The van der Waals surface area contributed by atoms with Gasteiger partial charge in [-0.2, -0.15) is 0 Å². The number of nitrogens with zero attached hydrogens (tertiary/aromatic N) is 2. The standard InChI is InChI=1S/C21H26N4/c1-2-4-16(5-3-1)10-11-22-14-19-8-6-18(13-23-19)17-7-9-20-21(12-17)25-15-24-20/h6-9,12-13,15-16,22H,1-5,10-11,14H2,(H,24,25). The zero-order chi connectivity index (χ0) is 16.9. The molecule has 1 aliphatic rings. The first-order valence-electron chi connectivity index (χ1n) is 9.48. The lowest BCUT2D eigenvalue weighted by atomic mass is 9.87. The lowest BCUT2D eigenvalue weighted by molar-refractivity contribution is 0.333. The summed E-state index contributed by atoms with van der Waals surface area (Å²) in [5.41, 5.74) is 5.47. The van der Waals surface area contributed by atoms with Crippen LogP contribution < -0.4 is 5.32 Å². The molecule has 4 rings (SSSR count). The zero-order valence-corrected chi connectivity index (χ0v) is 14.7. The molecule has 0 aliphatic heterocycles. The number of rotatable bonds is 6. The number of aromatic nitrogens is 3. The largest absolute Gasteiger partial charge is 0.345 e. The highest BCUT2D eigenvalue weighted by molar-refractivity contribution is 5.81. The van der Waals surface area contributed by atoms with E-state index < -0.39 is 0 Å². The van der Waals surface area contributed by atoms with Gasteiger partial charge in [-0.25, -0.2) is 4.98 Å². The van der Waals surface area contributed by atoms with Crippen LogP contribution >= 0.6 is 0 Å². The van der Waals surface area contributed by atoms with E-state index in [1.54, 1.807) is 6.33 Å². The van der Waals surface area contributed by atoms with Crippen LogP contribution in [0.25, 0.3) is 22.2 Å². The normalized spacial score (nSPS) is 15.7. The maximum Gasteiger partial charge on any atom is 0.0931 e. The molecule has 1 aromatic carbocycles. The van der Waals surface area contributed by atoms with Crippen LogP contribution in [0.2, 0.25) is 0 Å². The van der Waals surface area contributed by atoms with Crippen LogP contribution in [-0.4, -0.2) is 21.5 Å². The van der Waals surface area contributed by atoms with Crippen molar-refractivity contribution in [1.29, 1.82) is 0 Å². The second kappa shape index (κ2) is 7.79. The number of nitrogens with one attached hydrogen (secondary N) is 2. The van der Waals surface area contributed by atoms with Crippen molar-refractivity contribution in [2.75, 3.05) is 6.54 Å². The van der Waals surface area contributed by atoms with Crippen molar-refractivity contribution in [3.63, 3.8) is 0 Å². The molecule has 130 valence electrons. The molecule has 2 N–H and O–H groups in total. The van der Waals surface area contributed by atoms with E-state index in [9.17, 15) is 0 Å². The average molecular weight is 334 g/mol. The summed E-state index contributed by atoms with van der Waals surface area (Å²) in [6.07, 6.45) is 12.2. The predicted molar refractivity (Wildman–Crippen MR) is 102 cm³/mol. The van der Waals surface area contributed by atoms with Crippen molar-refractivity contribution in [3.8, 4) is 11.1 Å². The van der Waals surface area contributed by atoms with E-state index in [-0.39, 0.29) is 0 Å². The molecule has 0 saturated heterocycles. The number of hydrogen-bond acceptors (Lipinski definition) is 3. The summed E-state index contributed by atoms with van der Waals surface area (Å²) >= 11 is 0. The Balaban J connectivity index is 1.30. The molecule has 4 nitrogen and oxygen atoms in total. The fraction of sp³-hybridized carbons (Fsp3) is 0.429. The second-order valence-electron chi connectivity index (χ2n) is 7.14. The molecule has 0 spiro atoms. The molecule has 2 aromatic heterocycles. The smallest absolute Gasteiger partial charge is 0.0931 e. The van der Waals surface area contributed by atoms with Crippen molar-refractivity contribution in [3.05, 3.63) is 48.5 Å². The maximum atomic E-state index is 4.62. The van der Waals surface area contributed by atoms with E-state index in [1.807, 2.05) is 12.3 Å². The quantitative estimate of drug-likeness (QED) is 0.643. The molecule has 25 heavy (non-hydrogen) atoms. The lowest BCUT2D eigenvalue weighted by Gasteiger charge is -2.21. The molecular weight excluding hydrogens is 308 g/mol. The van der Waals surface area contributed by atoms with E-state index in [4.69, 9.17) is 0 Å². The van der Waals surface area contributed by atoms with Crippen LogP contribution in [0.15, 0.2) is 42.9 Å². The summed E-state index contributed by atoms with van der Waals surface area (Å²) in [4.78, 5) is 12.0. The molecule has 4 heteroatoms. The molecule has 1 fully saturated rings. The van der Waals surface area contributed by atoms with Gasteiger partial charge < -0.3 is 10.3 Å². The Morgan fingerprint density at radius 1 is 1.00 bits per heavy atom. The zero-order valence-electron chi connectivity index (χ0n) is 14.7. The molecule has 0 radical (unpaired) electrons.